The highest BCUT2D eigenvalue weighted by Gasteiger charge is 2.15. The van der Waals surface area contributed by atoms with Gasteiger partial charge >= 0.3 is 0 Å². The molecule has 0 radical (unpaired) electrons. The van der Waals surface area contributed by atoms with Crippen LogP contribution >= 0.6 is 11.6 Å². The Bertz CT molecular complexity index is 1180. The molecule has 5 rings (SSSR count). The summed E-state index contributed by atoms with van der Waals surface area (Å²) in [6, 6.07) is 22.6. The zero-order valence-electron chi connectivity index (χ0n) is 11.6. The van der Waals surface area contributed by atoms with Crippen LogP contribution < -0.4 is 0 Å². The summed E-state index contributed by atoms with van der Waals surface area (Å²) in [5.74, 6) is 0. The van der Waals surface area contributed by atoms with Gasteiger partial charge in [0, 0.05) is 21.2 Å². The summed E-state index contributed by atoms with van der Waals surface area (Å²) in [5.41, 5.74) is 1.87. The van der Waals surface area contributed by atoms with E-state index in [0.29, 0.717) is 0 Å². The van der Waals surface area contributed by atoms with Gasteiger partial charge in [0.05, 0.1) is 0 Å². The minimum Gasteiger partial charge on any atom is -0.455 e. The van der Waals surface area contributed by atoms with Gasteiger partial charge in [-0.3, -0.25) is 0 Å². The average Bonchev–Trinajstić information content (AvgIpc) is 2.95. The van der Waals surface area contributed by atoms with E-state index in [0.717, 1.165) is 27.0 Å². The molecular weight excluding hydrogens is 292 g/mol. The molecule has 0 atom stereocenters. The largest absolute Gasteiger partial charge is 0.455 e. The second-order valence-corrected chi connectivity index (χ2v) is 5.97. The van der Waals surface area contributed by atoms with Crippen molar-refractivity contribution in [2.45, 2.75) is 0 Å². The quantitative estimate of drug-likeness (QED) is 0.296. The molecule has 0 unspecified atom stereocenters. The first kappa shape index (κ1) is 12.1. The lowest BCUT2D eigenvalue weighted by Gasteiger charge is -2.06. The van der Waals surface area contributed by atoms with Gasteiger partial charge in [-0.05, 0) is 34.4 Å². The van der Waals surface area contributed by atoms with E-state index in [4.69, 9.17) is 16.0 Å². The molecule has 0 N–H and O–H groups in total. The number of hydrogen-bond acceptors (Lipinski definition) is 1. The molecule has 2 heteroatoms. The summed E-state index contributed by atoms with van der Waals surface area (Å²) in [4.78, 5) is 0. The third kappa shape index (κ3) is 1.49. The molecule has 0 aliphatic rings. The predicted molar refractivity (Wildman–Crippen MR) is 93.7 cm³/mol. The summed E-state index contributed by atoms with van der Waals surface area (Å²) < 4.78 is 6.17. The van der Waals surface area contributed by atoms with Crippen LogP contribution in [0.25, 0.3) is 43.5 Å². The van der Waals surface area contributed by atoms with Crippen molar-refractivity contribution in [3.63, 3.8) is 0 Å². The molecule has 0 aliphatic heterocycles. The third-order valence-corrected chi connectivity index (χ3v) is 4.54. The lowest BCUT2D eigenvalue weighted by atomic mass is 9.97. The third-order valence-electron chi connectivity index (χ3n) is 4.31. The molecule has 0 amide bonds. The fourth-order valence-electron chi connectivity index (χ4n) is 3.38. The first-order valence-electron chi connectivity index (χ1n) is 7.24. The highest BCUT2D eigenvalue weighted by Crippen LogP contribution is 2.41. The van der Waals surface area contributed by atoms with E-state index in [1.165, 1.54) is 21.5 Å². The number of rotatable bonds is 0. The van der Waals surface area contributed by atoms with Crippen LogP contribution in [0.5, 0.6) is 0 Å². The van der Waals surface area contributed by atoms with Gasteiger partial charge in [-0.15, -0.1) is 0 Å². The first-order chi connectivity index (χ1) is 10.8. The van der Waals surface area contributed by atoms with Crippen LogP contribution in [-0.2, 0) is 0 Å². The summed E-state index contributed by atoms with van der Waals surface area (Å²) in [6.45, 7) is 0. The van der Waals surface area contributed by atoms with Crippen LogP contribution in [0.15, 0.2) is 71.1 Å². The van der Waals surface area contributed by atoms with Crippen molar-refractivity contribution >= 4 is 55.1 Å². The van der Waals surface area contributed by atoms with Gasteiger partial charge in [-0.1, -0.05) is 60.1 Å². The van der Waals surface area contributed by atoms with E-state index in [2.05, 4.69) is 30.3 Å². The minimum absolute atomic E-state index is 0.754. The highest BCUT2D eigenvalue weighted by atomic mass is 35.5. The van der Waals surface area contributed by atoms with Crippen LogP contribution in [0.2, 0.25) is 5.02 Å². The Labute approximate surface area is 131 Å². The maximum Gasteiger partial charge on any atom is 0.143 e. The Hall–Kier alpha value is -2.51. The minimum atomic E-state index is 0.754. The van der Waals surface area contributed by atoms with E-state index in [9.17, 15) is 0 Å². The van der Waals surface area contributed by atoms with E-state index in [1.807, 2.05) is 36.4 Å². The van der Waals surface area contributed by atoms with Gasteiger partial charge in [-0.25, -0.2) is 0 Å². The SMILES string of the molecule is Clc1ccc2c(c1)c1ccccc1c1oc3ccccc3c21. The second kappa shape index (κ2) is 4.25. The molecule has 4 aromatic carbocycles. The van der Waals surface area contributed by atoms with Gasteiger partial charge in [-0.2, -0.15) is 0 Å². The van der Waals surface area contributed by atoms with Crippen molar-refractivity contribution in [1.82, 2.24) is 0 Å². The maximum atomic E-state index is 6.24. The molecule has 0 saturated heterocycles. The Kier molecular flexibility index (Phi) is 2.33. The lowest BCUT2D eigenvalue weighted by molar-refractivity contribution is 0.673. The number of hydrogen-bond donors (Lipinski definition) is 0. The fourth-order valence-corrected chi connectivity index (χ4v) is 3.55. The van der Waals surface area contributed by atoms with Crippen molar-refractivity contribution < 1.29 is 4.42 Å². The van der Waals surface area contributed by atoms with Crippen LogP contribution in [0.1, 0.15) is 0 Å². The maximum absolute atomic E-state index is 6.24. The average molecular weight is 303 g/mol. The summed E-state index contributed by atoms with van der Waals surface area (Å²) in [5, 5.41) is 7.72. The van der Waals surface area contributed by atoms with Crippen molar-refractivity contribution in [3.8, 4) is 0 Å². The van der Waals surface area contributed by atoms with Crippen molar-refractivity contribution in [2.75, 3.05) is 0 Å². The molecule has 1 nitrogen and oxygen atoms in total. The molecule has 0 spiro atoms. The molecule has 0 bridgehead atoms. The lowest BCUT2D eigenvalue weighted by Crippen LogP contribution is -1.80. The molecule has 5 aromatic rings. The van der Waals surface area contributed by atoms with Gasteiger partial charge < -0.3 is 4.42 Å². The van der Waals surface area contributed by atoms with Crippen LogP contribution in [0.4, 0.5) is 0 Å². The first-order valence-corrected chi connectivity index (χ1v) is 7.62. The van der Waals surface area contributed by atoms with Gasteiger partial charge in [0.2, 0.25) is 0 Å². The Morgan fingerprint density at radius 2 is 1.36 bits per heavy atom. The molecule has 0 fully saturated rings. The van der Waals surface area contributed by atoms with Gasteiger partial charge in [0.15, 0.2) is 0 Å². The van der Waals surface area contributed by atoms with E-state index >= 15 is 0 Å². The van der Waals surface area contributed by atoms with E-state index in [1.54, 1.807) is 0 Å². The van der Waals surface area contributed by atoms with E-state index in [-0.39, 0.29) is 0 Å². The number of fused-ring (bicyclic) bond motifs is 8. The zero-order chi connectivity index (χ0) is 14.7. The summed E-state index contributed by atoms with van der Waals surface area (Å²) in [7, 11) is 0. The number of benzene rings is 4. The number of halogens is 1. The predicted octanol–water partition coefficient (Wildman–Crippen LogP) is 6.55. The smallest absolute Gasteiger partial charge is 0.143 e. The molecule has 1 aromatic heterocycles. The van der Waals surface area contributed by atoms with Gasteiger partial charge in [0.25, 0.3) is 0 Å². The Balaban J connectivity index is 2.23. The van der Waals surface area contributed by atoms with Crippen molar-refractivity contribution in [3.05, 3.63) is 71.8 Å². The Morgan fingerprint density at radius 3 is 2.23 bits per heavy atom. The number of para-hydroxylation sites is 1. The standard InChI is InChI=1S/C20H11ClO/c21-12-9-10-14-17(11-12)13-5-1-2-6-15(13)20-19(14)16-7-3-4-8-18(16)22-20/h1-11H. The molecular formula is C20H11ClO. The van der Waals surface area contributed by atoms with Gasteiger partial charge in [0.1, 0.15) is 11.2 Å². The summed E-state index contributed by atoms with van der Waals surface area (Å²) in [6.07, 6.45) is 0. The molecule has 0 saturated carbocycles. The molecule has 22 heavy (non-hydrogen) atoms. The Morgan fingerprint density at radius 1 is 0.636 bits per heavy atom. The molecule has 0 aliphatic carbocycles. The van der Waals surface area contributed by atoms with Crippen LogP contribution in [0, 0.1) is 0 Å². The van der Waals surface area contributed by atoms with E-state index < -0.39 is 0 Å². The molecule has 1 heterocycles. The van der Waals surface area contributed by atoms with Crippen molar-refractivity contribution in [2.24, 2.45) is 0 Å². The number of furan rings is 1. The molecule has 104 valence electrons. The topological polar surface area (TPSA) is 13.1 Å². The summed E-state index contributed by atoms with van der Waals surface area (Å²) >= 11 is 6.24. The normalized spacial score (nSPS) is 11.9. The van der Waals surface area contributed by atoms with Crippen molar-refractivity contribution in [1.29, 1.82) is 0 Å². The van der Waals surface area contributed by atoms with Crippen LogP contribution in [-0.4, -0.2) is 0 Å². The van der Waals surface area contributed by atoms with Crippen LogP contribution in [0.3, 0.4) is 0 Å². The zero-order valence-corrected chi connectivity index (χ0v) is 12.4. The second-order valence-electron chi connectivity index (χ2n) is 5.54. The fraction of sp³-hybridized carbons (Fsp3) is 0. The highest BCUT2D eigenvalue weighted by molar-refractivity contribution is 6.34. The monoisotopic (exact) mass is 302 g/mol.